The molecule has 3 aromatic heterocycles. The molecule has 0 unspecified atom stereocenters. The first-order valence-corrected chi connectivity index (χ1v) is 10.3. The van der Waals surface area contributed by atoms with E-state index in [2.05, 4.69) is 25.3 Å². The third kappa shape index (κ3) is 4.05. The van der Waals surface area contributed by atoms with Crippen molar-refractivity contribution in [3.05, 3.63) is 47.2 Å². The summed E-state index contributed by atoms with van der Waals surface area (Å²) in [7, 11) is 0. The van der Waals surface area contributed by atoms with Gasteiger partial charge in [0.15, 0.2) is 0 Å². The summed E-state index contributed by atoms with van der Waals surface area (Å²) in [6, 6.07) is 3.89. The fourth-order valence-corrected chi connectivity index (χ4v) is 4.30. The normalized spacial score (nSPS) is 14.4. The number of carbonyl (C=O) groups excluding carboxylic acids is 1. The number of hydrogen-bond donors (Lipinski definition) is 1. The first kappa shape index (κ1) is 17.0. The van der Waals surface area contributed by atoms with E-state index in [1.54, 1.807) is 28.4 Å². The van der Waals surface area contributed by atoms with Crippen LogP contribution in [0.1, 0.15) is 4.88 Å². The molecule has 4 rings (SSSR count). The van der Waals surface area contributed by atoms with Crippen LogP contribution in [0.25, 0.3) is 5.95 Å². The summed E-state index contributed by atoms with van der Waals surface area (Å²) in [5.41, 5.74) is 1.66. The molecule has 3 aromatic rings. The van der Waals surface area contributed by atoms with E-state index in [0.29, 0.717) is 18.1 Å². The number of nitrogens with one attached hydrogen (secondary N) is 1. The Labute approximate surface area is 159 Å². The smallest absolute Gasteiger partial charge is 0.250 e. The van der Waals surface area contributed by atoms with Crippen molar-refractivity contribution in [1.82, 2.24) is 19.7 Å². The van der Waals surface area contributed by atoms with Gasteiger partial charge in [0, 0.05) is 29.5 Å². The molecule has 9 heteroatoms. The zero-order chi connectivity index (χ0) is 17.8. The Morgan fingerprint density at radius 3 is 2.73 bits per heavy atom. The highest BCUT2D eigenvalue weighted by molar-refractivity contribution is 7.99. The van der Waals surface area contributed by atoms with Crippen LogP contribution in [-0.2, 0) is 11.2 Å². The maximum Gasteiger partial charge on any atom is 0.250 e. The zero-order valence-electron chi connectivity index (χ0n) is 14.0. The molecule has 0 aliphatic carbocycles. The SMILES string of the molecule is O=C(Cc1cccs1)Nc1cnn(-c2ncc(N3CCSCC3)cn2)c1. The molecule has 134 valence electrons. The summed E-state index contributed by atoms with van der Waals surface area (Å²) in [6.45, 7) is 2.05. The number of rotatable bonds is 5. The minimum Gasteiger partial charge on any atom is -0.367 e. The fourth-order valence-electron chi connectivity index (χ4n) is 2.69. The topological polar surface area (TPSA) is 75.9 Å². The molecule has 1 aliphatic rings. The molecule has 1 aliphatic heterocycles. The molecule has 0 aromatic carbocycles. The second-order valence-electron chi connectivity index (χ2n) is 5.82. The Morgan fingerprint density at radius 2 is 2.00 bits per heavy atom. The van der Waals surface area contributed by atoms with E-state index in [0.717, 1.165) is 35.2 Å². The molecule has 7 nitrogen and oxygen atoms in total. The molecular formula is C17H18N6OS2. The average molecular weight is 387 g/mol. The molecule has 0 radical (unpaired) electrons. The van der Waals surface area contributed by atoms with Gasteiger partial charge in [-0.1, -0.05) is 6.07 Å². The molecule has 0 saturated carbocycles. The Bertz CT molecular complexity index is 856. The van der Waals surface area contributed by atoms with Crippen LogP contribution in [0, 0.1) is 0 Å². The van der Waals surface area contributed by atoms with Crippen LogP contribution in [0.15, 0.2) is 42.3 Å². The summed E-state index contributed by atoms with van der Waals surface area (Å²) in [5, 5.41) is 9.06. The van der Waals surface area contributed by atoms with Gasteiger partial charge in [-0.2, -0.15) is 16.9 Å². The van der Waals surface area contributed by atoms with Crippen molar-refractivity contribution in [3.63, 3.8) is 0 Å². The number of carbonyl (C=O) groups is 1. The van der Waals surface area contributed by atoms with E-state index in [1.807, 2.05) is 41.7 Å². The maximum absolute atomic E-state index is 12.1. The molecule has 0 spiro atoms. The Balaban J connectivity index is 1.40. The average Bonchev–Trinajstić information content (AvgIpc) is 3.35. The van der Waals surface area contributed by atoms with E-state index in [4.69, 9.17) is 0 Å². The van der Waals surface area contributed by atoms with E-state index in [1.165, 1.54) is 0 Å². The van der Waals surface area contributed by atoms with Crippen LogP contribution >= 0.6 is 23.1 Å². The highest BCUT2D eigenvalue weighted by atomic mass is 32.2. The lowest BCUT2D eigenvalue weighted by Gasteiger charge is -2.27. The van der Waals surface area contributed by atoms with Gasteiger partial charge in [-0.25, -0.2) is 14.6 Å². The zero-order valence-corrected chi connectivity index (χ0v) is 15.7. The second kappa shape index (κ2) is 7.88. The van der Waals surface area contributed by atoms with Crippen molar-refractivity contribution >= 4 is 40.4 Å². The largest absolute Gasteiger partial charge is 0.367 e. The molecule has 1 N–H and O–H groups in total. The van der Waals surface area contributed by atoms with Crippen LogP contribution in [0.5, 0.6) is 0 Å². The van der Waals surface area contributed by atoms with E-state index >= 15 is 0 Å². The van der Waals surface area contributed by atoms with E-state index in [9.17, 15) is 4.79 Å². The second-order valence-corrected chi connectivity index (χ2v) is 8.08. The Morgan fingerprint density at radius 1 is 1.19 bits per heavy atom. The third-order valence-electron chi connectivity index (χ3n) is 3.99. The highest BCUT2D eigenvalue weighted by Crippen LogP contribution is 2.18. The first-order chi connectivity index (χ1) is 12.8. The Hall–Kier alpha value is -2.39. The molecule has 26 heavy (non-hydrogen) atoms. The van der Waals surface area contributed by atoms with Gasteiger partial charge in [-0.3, -0.25) is 4.79 Å². The monoisotopic (exact) mass is 386 g/mol. The number of amides is 1. The van der Waals surface area contributed by atoms with Crippen molar-refractivity contribution in [2.45, 2.75) is 6.42 Å². The molecule has 4 heterocycles. The van der Waals surface area contributed by atoms with Gasteiger partial charge in [0.2, 0.25) is 5.91 Å². The Kier molecular flexibility index (Phi) is 5.16. The van der Waals surface area contributed by atoms with Gasteiger partial charge in [0.25, 0.3) is 5.95 Å². The highest BCUT2D eigenvalue weighted by Gasteiger charge is 2.13. The lowest BCUT2D eigenvalue weighted by atomic mass is 10.3. The lowest BCUT2D eigenvalue weighted by molar-refractivity contribution is -0.115. The maximum atomic E-state index is 12.1. The molecule has 1 amide bonds. The van der Waals surface area contributed by atoms with Crippen molar-refractivity contribution in [2.75, 3.05) is 34.8 Å². The van der Waals surface area contributed by atoms with Gasteiger partial charge < -0.3 is 10.2 Å². The summed E-state index contributed by atoms with van der Waals surface area (Å²) in [5.74, 6) is 2.69. The number of hydrogen-bond acceptors (Lipinski definition) is 7. The molecule has 1 fully saturated rings. The summed E-state index contributed by atoms with van der Waals surface area (Å²) < 4.78 is 1.57. The van der Waals surface area contributed by atoms with Gasteiger partial charge in [0.05, 0.1) is 42.6 Å². The fraction of sp³-hybridized carbons (Fsp3) is 0.294. The molecular weight excluding hydrogens is 368 g/mol. The van der Waals surface area contributed by atoms with Crippen molar-refractivity contribution in [2.24, 2.45) is 0 Å². The van der Waals surface area contributed by atoms with Crippen LogP contribution < -0.4 is 10.2 Å². The first-order valence-electron chi connectivity index (χ1n) is 8.30. The molecule has 1 saturated heterocycles. The summed E-state index contributed by atoms with van der Waals surface area (Å²) in [4.78, 5) is 24.2. The van der Waals surface area contributed by atoms with Crippen molar-refractivity contribution in [3.8, 4) is 5.95 Å². The standard InChI is InChI=1S/C17H18N6OS2/c24-16(8-15-2-1-5-26-15)21-13-9-20-23(12-13)17-18-10-14(11-19-17)22-3-6-25-7-4-22/h1-2,5,9-12H,3-4,6-8H2,(H,21,24). The van der Waals surface area contributed by atoms with Crippen LogP contribution in [0.3, 0.4) is 0 Å². The molecule has 0 atom stereocenters. The van der Waals surface area contributed by atoms with Crippen molar-refractivity contribution < 1.29 is 4.79 Å². The summed E-state index contributed by atoms with van der Waals surface area (Å²) in [6.07, 6.45) is 7.34. The summed E-state index contributed by atoms with van der Waals surface area (Å²) >= 11 is 3.54. The number of nitrogens with zero attached hydrogens (tertiary/aromatic N) is 5. The van der Waals surface area contributed by atoms with Crippen LogP contribution in [-0.4, -0.2) is 50.3 Å². The van der Waals surface area contributed by atoms with Gasteiger partial charge in [-0.15, -0.1) is 11.3 Å². The number of thiophene rings is 1. The van der Waals surface area contributed by atoms with Crippen molar-refractivity contribution in [1.29, 1.82) is 0 Å². The molecule has 0 bridgehead atoms. The van der Waals surface area contributed by atoms with Gasteiger partial charge >= 0.3 is 0 Å². The predicted molar refractivity (Wildman–Crippen MR) is 105 cm³/mol. The van der Waals surface area contributed by atoms with Crippen LogP contribution in [0.4, 0.5) is 11.4 Å². The van der Waals surface area contributed by atoms with Gasteiger partial charge in [-0.05, 0) is 11.4 Å². The third-order valence-corrected chi connectivity index (χ3v) is 5.81. The number of aromatic nitrogens is 4. The van der Waals surface area contributed by atoms with E-state index in [-0.39, 0.29) is 5.91 Å². The minimum absolute atomic E-state index is 0.0637. The van der Waals surface area contributed by atoms with E-state index < -0.39 is 0 Å². The van der Waals surface area contributed by atoms with Crippen LogP contribution in [0.2, 0.25) is 0 Å². The lowest BCUT2D eigenvalue weighted by Crippen LogP contribution is -2.32. The van der Waals surface area contributed by atoms with Gasteiger partial charge in [0.1, 0.15) is 0 Å². The number of anilines is 2. The quantitative estimate of drug-likeness (QED) is 0.726. The minimum atomic E-state index is -0.0637. The number of thioether (sulfide) groups is 1. The predicted octanol–water partition coefficient (Wildman–Crippen LogP) is 2.46.